The van der Waals surface area contributed by atoms with Gasteiger partial charge in [0.05, 0.1) is 5.34 Å². The van der Waals surface area contributed by atoms with Crippen molar-refractivity contribution < 1.29 is 46.3 Å². The second kappa shape index (κ2) is 4.15. The molecule has 11 heteroatoms. The first-order valence-electron chi connectivity index (χ1n) is 3.28. The molecule has 0 fully saturated rings. The summed E-state index contributed by atoms with van der Waals surface area (Å²) in [7, 11) is 0. The lowest BCUT2D eigenvalue weighted by Crippen LogP contribution is -2.63. The average molecular weight is 255 g/mol. The fourth-order valence-corrected chi connectivity index (χ4v) is 0.651. The number of nitrogens with zero attached hydrogens (tertiary/aromatic N) is 1. The summed E-state index contributed by atoms with van der Waals surface area (Å²) in [4.78, 5) is 19.7. The molecule has 0 aromatic carbocycles. The van der Waals surface area contributed by atoms with Gasteiger partial charge in [0.15, 0.2) is 0 Å². The number of carbonyl (C=O) groups is 2. The number of halogens is 6. The van der Waals surface area contributed by atoms with Crippen LogP contribution in [0.15, 0.2) is 0 Å². The molecule has 0 aliphatic rings. The molecule has 0 aliphatic carbocycles. The number of alkyl halides is 4. The minimum absolute atomic E-state index is 2.98. The van der Waals surface area contributed by atoms with Crippen LogP contribution in [0.25, 0.3) is 0 Å². The van der Waals surface area contributed by atoms with Crippen LogP contribution in [0.1, 0.15) is 0 Å². The van der Waals surface area contributed by atoms with Crippen molar-refractivity contribution in [1.29, 1.82) is 0 Å². The van der Waals surface area contributed by atoms with E-state index in [2.05, 4.69) is 0 Å². The van der Waals surface area contributed by atoms with E-state index in [4.69, 9.17) is 10.2 Å². The number of rotatable bonds is 5. The van der Waals surface area contributed by atoms with Gasteiger partial charge in [-0.3, -0.25) is 0 Å². The zero-order chi connectivity index (χ0) is 13.3. The second-order valence-electron chi connectivity index (χ2n) is 2.48. The normalized spacial score (nSPS) is 17.9. The van der Waals surface area contributed by atoms with E-state index < -0.39 is 35.2 Å². The van der Waals surface area contributed by atoms with Crippen molar-refractivity contribution >= 4 is 11.9 Å². The quantitative estimate of drug-likeness (QED) is 0.433. The van der Waals surface area contributed by atoms with Gasteiger partial charge in [-0.2, -0.15) is 8.78 Å². The third kappa shape index (κ3) is 1.89. The Morgan fingerprint density at radius 1 is 1.12 bits per heavy atom. The minimum atomic E-state index is -5.98. The van der Waals surface area contributed by atoms with E-state index in [0.717, 1.165) is 0 Å². The van der Waals surface area contributed by atoms with Crippen molar-refractivity contribution in [1.82, 2.24) is 5.34 Å². The molecule has 94 valence electrons. The van der Waals surface area contributed by atoms with Gasteiger partial charge in [-0.05, 0) is 0 Å². The van der Waals surface area contributed by atoms with Gasteiger partial charge in [-0.25, -0.2) is 18.4 Å². The first-order chi connectivity index (χ1) is 6.99. The topological polar surface area (TPSA) is 77.8 Å². The second-order valence-corrected chi connectivity index (χ2v) is 2.48. The van der Waals surface area contributed by atoms with Crippen LogP contribution >= 0.6 is 0 Å². The number of carboxylic acid groups (broad SMARTS) is 2. The van der Waals surface area contributed by atoms with Gasteiger partial charge < -0.3 is 10.2 Å². The monoisotopic (exact) mass is 255 g/mol. The van der Waals surface area contributed by atoms with Gasteiger partial charge >= 0.3 is 23.7 Å². The van der Waals surface area contributed by atoms with Crippen LogP contribution in [0.2, 0.25) is 0 Å². The Hall–Kier alpha value is -1.52. The van der Waals surface area contributed by atoms with E-state index in [1.807, 2.05) is 0 Å². The SMILES string of the molecule is O=C(O)C(F)C(F)(F)C(F)(C(=O)O)N(F)F. The largest absolute Gasteiger partial charge is 0.479 e. The molecule has 0 saturated heterocycles. The van der Waals surface area contributed by atoms with Crippen LogP contribution < -0.4 is 0 Å². The fraction of sp³-hybridized carbons (Fsp3) is 0.600. The van der Waals surface area contributed by atoms with Crippen molar-refractivity contribution in [3.8, 4) is 0 Å². The standard InChI is InChI=1S/C5H3F6NO4/c6-1(2(13)14)4(7,8)5(9,3(15)16)12(10)11/h1H,(H,13,14)(H,15,16). The number of aliphatic carboxylic acids is 2. The summed E-state index contributed by atoms with van der Waals surface area (Å²) < 4.78 is 73.6. The van der Waals surface area contributed by atoms with Crippen molar-refractivity contribution in [2.75, 3.05) is 0 Å². The highest BCUT2D eigenvalue weighted by atomic mass is 19.4. The third-order valence-electron chi connectivity index (χ3n) is 1.49. The highest BCUT2D eigenvalue weighted by Crippen LogP contribution is 2.40. The van der Waals surface area contributed by atoms with E-state index in [1.54, 1.807) is 0 Å². The Morgan fingerprint density at radius 3 is 1.69 bits per heavy atom. The predicted molar refractivity (Wildman–Crippen MR) is 33.0 cm³/mol. The molecule has 0 aromatic rings. The Morgan fingerprint density at radius 2 is 1.50 bits per heavy atom. The molecule has 0 spiro atoms. The summed E-state index contributed by atoms with van der Waals surface area (Å²) >= 11 is 0. The molecular weight excluding hydrogens is 252 g/mol. The molecule has 5 nitrogen and oxygen atoms in total. The van der Waals surface area contributed by atoms with Crippen LogP contribution in [0.5, 0.6) is 0 Å². The maximum absolute atomic E-state index is 12.7. The van der Waals surface area contributed by atoms with E-state index in [0.29, 0.717) is 0 Å². The van der Waals surface area contributed by atoms with Gasteiger partial charge in [0.25, 0.3) is 6.17 Å². The molecular formula is C5H3F6NO4. The molecule has 0 saturated carbocycles. The first kappa shape index (κ1) is 14.5. The van der Waals surface area contributed by atoms with Crippen LogP contribution in [0.4, 0.5) is 26.5 Å². The maximum atomic E-state index is 12.7. The lowest BCUT2D eigenvalue weighted by atomic mass is 10.0. The summed E-state index contributed by atoms with van der Waals surface area (Å²) in [6.07, 6.45) is -4.44. The predicted octanol–water partition coefficient (Wildman–Crippen LogP) is 0.866. The molecule has 0 bridgehead atoms. The summed E-state index contributed by atoms with van der Waals surface area (Å²) in [6, 6.07) is 0. The molecule has 0 radical (unpaired) electrons. The van der Waals surface area contributed by atoms with Crippen molar-refractivity contribution in [3.63, 3.8) is 0 Å². The highest BCUT2D eigenvalue weighted by molar-refractivity contribution is 5.81. The Labute approximate surface area is 82.7 Å². The van der Waals surface area contributed by atoms with Gasteiger partial charge in [-0.1, -0.05) is 8.96 Å². The molecule has 16 heavy (non-hydrogen) atoms. The molecule has 2 unspecified atom stereocenters. The van der Waals surface area contributed by atoms with Crippen LogP contribution in [-0.2, 0) is 9.59 Å². The molecule has 0 aromatic heterocycles. The van der Waals surface area contributed by atoms with Crippen molar-refractivity contribution in [2.24, 2.45) is 0 Å². The van der Waals surface area contributed by atoms with Gasteiger partial charge in [-0.15, -0.1) is 0 Å². The van der Waals surface area contributed by atoms with Gasteiger partial charge in [0.2, 0.25) is 0 Å². The third-order valence-corrected chi connectivity index (χ3v) is 1.49. The lowest BCUT2D eigenvalue weighted by molar-refractivity contribution is -0.344. The zero-order valence-corrected chi connectivity index (χ0v) is 7.00. The fourth-order valence-electron chi connectivity index (χ4n) is 0.651. The number of hydrogen-bond donors (Lipinski definition) is 2. The molecule has 0 amide bonds. The van der Waals surface area contributed by atoms with Crippen LogP contribution in [0, 0.1) is 0 Å². The van der Waals surface area contributed by atoms with E-state index in [9.17, 15) is 36.1 Å². The molecule has 0 rings (SSSR count). The van der Waals surface area contributed by atoms with Gasteiger partial charge in [0, 0.05) is 0 Å². The highest BCUT2D eigenvalue weighted by Gasteiger charge is 2.73. The summed E-state index contributed by atoms with van der Waals surface area (Å²) in [5.74, 6) is -18.2. The zero-order valence-electron chi connectivity index (χ0n) is 7.00. The molecule has 2 atom stereocenters. The Balaban J connectivity index is 5.54. The van der Waals surface area contributed by atoms with Crippen LogP contribution in [-0.4, -0.2) is 45.4 Å². The van der Waals surface area contributed by atoms with Crippen molar-refractivity contribution in [3.05, 3.63) is 0 Å². The van der Waals surface area contributed by atoms with E-state index in [1.165, 1.54) is 0 Å². The van der Waals surface area contributed by atoms with Crippen molar-refractivity contribution in [2.45, 2.75) is 17.9 Å². The molecule has 0 heterocycles. The van der Waals surface area contributed by atoms with Gasteiger partial charge in [0.1, 0.15) is 0 Å². The molecule has 2 N–H and O–H groups in total. The lowest BCUT2D eigenvalue weighted by Gasteiger charge is -2.29. The number of hydrogen-bond acceptors (Lipinski definition) is 3. The first-order valence-corrected chi connectivity index (χ1v) is 3.28. The van der Waals surface area contributed by atoms with E-state index >= 15 is 0 Å². The summed E-state index contributed by atoms with van der Waals surface area (Å²) in [6.45, 7) is 0. The average Bonchev–Trinajstić information content (AvgIpc) is 2.13. The summed E-state index contributed by atoms with van der Waals surface area (Å²) in [5, 5.41) is 12.5. The van der Waals surface area contributed by atoms with Crippen LogP contribution in [0.3, 0.4) is 0 Å². The Kier molecular flexibility index (Phi) is 3.76. The summed E-state index contributed by atoms with van der Waals surface area (Å²) in [5.41, 5.74) is 0. The molecule has 0 aliphatic heterocycles. The maximum Gasteiger partial charge on any atom is 0.382 e. The number of carboxylic acids is 2. The minimum Gasteiger partial charge on any atom is -0.479 e. The Bertz CT molecular complexity index is 309. The smallest absolute Gasteiger partial charge is 0.382 e. The van der Waals surface area contributed by atoms with E-state index in [-0.39, 0.29) is 0 Å².